The van der Waals surface area contributed by atoms with Gasteiger partial charge in [0.05, 0.1) is 6.07 Å². The number of nitrogens with zero attached hydrogens (tertiary/aromatic N) is 3. The lowest BCUT2D eigenvalue weighted by atomic mass is 9.98. The predicted molar refractivity (Wildman–Crippen MR) is 79.1 cm³/mol. The van der Waals surface area contributed by atoms with E-state index >= 15 is 0 Å². The molecule has 1 saturated carbocycles. The minimum Gasteiger partial charge on any atom is -0.338 e. The van der Waals surface area contributed by atoms with Crippen molar-refractivity contribution >= 4 is 11.8 Å². The molecular weight excluding hydrogens is 266 g/mol. The van der Waals surface area contributed by atoms with Gasteiger partial charge in [-0.3, -0.25) is 9.59 Å². The third-order valence-electron chi connectivity index (χ3n) is 4.52. The molecular formula is C16H23N3O2. The average molecular weight is 289 g/mol. The van der Waals surface area contributed by atoms with Gasteiger partial charge in [-0.1, -0.05) is 18.4 Å². The Labute approximate surface area is 126 Å². The van der Waals surface area contributed by atoms with Crippen molar-refractivity contribution in [3.05, 3.63) is 11.6 Å². The molecule has 0 bridgehead atoms. The molecule has 1 aliphatic carbocycles. The van der Waals surface area contributed by atoms with Gasteiger partial charge in [0, 0.05) is 32.3 Å². The molecule has 2 fully saturated rings. The van der Waals surface area contributed by atoms with E-state index in [0.717, 1.165) is 0 Å². The van der Waals surface area contributed by atoms with E-state index in [1.807, 2.05) is 6.07 Å². The largest absolute Gasteiger partial charge is 0.338 e. The van der Waals surface area contributed by atoms with Gasteiger partial charge in [0.2, 0.25) is 11.8 Å². The first kappa shape index (κ1) is 15.6. The van der Waals surface area contributed by atoms with Gasteiger partial charge in [0.25, 0.3) is 0 Å². The summed E-state index contributed by atoms with van der Waals surface area (Å²) in [6, 6.07) is 1.87. The van der Waals surface area contributed by atoms with Crippen LogP contribution in [-0.4, -0.2) is 47.8 Å². The number of carbonyl (C=O) groups is 2. The zero-order valence-electron chi connectivity index (χ0n) is 12.7. The van der Waals surface area contributed by atoms with Crippen LogP contribution in [0.5, 0.6) is 0 Å². The van der Waals surface area contributed by atoms with Crippen molar-refractivity contribution in [3.8, 4) is 6.07 Å². The van der Waals surface area contributed by atoms with Crippen LogP contribution in [0.2, 0.25) is 0 Å². The van der Waals surface area contributed by atoms with E-state index in [-0.39, 0.29) is 18.2 Å². The van der Waals surface area contributed by atoms with Crippen molar-refractivity contribution in [2.75, 3.05) is 26.2 Å². The van der Waals surface area contributed by atoms with E-state index in [2.05, 4.69) is 6.92 Å². The van der Waals surface area contributed by atoms with E-state index in [1.54, 1.807) is 15.9 Å². The van der Waals surface area contributed by atoms with E-state index in [9.17, 15) is 9.59 Å². The van der Waals surface area contributed by atoms with Crippen LogP contribution in [0.4, 0.5) is 0 Å². The molecule has 0 N–H and O–H groups in total. The molecule has 0 spiro atoms. The highest BCUT2D eigenvalue weighted by atomic mass is 16.2. The lowest BCUT2D eigenvalue weighted by Crippen LogP contribution is -2.50. The first-order chi connectivity index (χ1) is 10.1. The maximum absolute atomic E-state index is 12.3. The number of allylic oxidation sites excluding steroid dienone is 1. The van der Waals surface area contributed by atoms with Crippen LogP contribution in [0.1, 0.15) is 39.0 Å². The Kier molecular flexibility index (Phi) is 5.38. The van der Waals surface area contributed by atoms with E-state index < -0.39 is 0 Å². The summed E-state index contributed by atoms with van der Waals surface area (Å²) in [7, 11) is 0. The van der Waals surface area contributed by atoms with Crippen LogP contribution in [0.25, 0.3) is 0 Å². The topological polar surface area (TPSA) is 64.4 Å². The summed E-state index contributed by atoms with van der Waals surface area (Å²) in [6.07, 6.45) is 6.64. The molecule has 0 aromatic rings. The Morgan fingerprint density at radius 1 is 1.14 bits per heavy atom. The number of rotatable bonds is 3. The monoisotopic (exact) mass is 289 g/mol. The Hall–Kier alpha value is -1.83. The highest BCUT2D eigenvalue weighted by Crippen LogP contribution is 2.30. The maximum atomic E-state index is 12.3. The molecule has 0 unspecified atom stereocenters. The lowest BCUT2D eigenvalue weighted by molar-refractivity contribution is -0.136. The second-order valence-corrected chi connectivity index (χ2v) is 5.91. The molecule has 0 atom stereocenters. The summed E-state index contributed by atoms with van der Waals surface area (Å²) < 4.78 is 0. The molecule has 2 aliphatic rings. The summed E-state index contributed by atoms with van der Waals surface area (Å²) in [5, 5.41) is 8.54. The van der Waals surface area contributed by atoms with Gasteiger partial charge in [-0.25, -0.2) is 0 Å². The molecule has 21 heavy (non-hydrogen) atoms. The molecule has 0 radical (unpaired) electrons. The SMILES string of the molecule is C/C(=C\C(=O)N1CCN(C(=O)CC#N)CC1)C1CCCC1. The molecule has 1 aliphatic heterocycles. The first-order valence-electron chi connectivity index (χ1n) is 7.73. The number of hydrogen-bond donors (Lipinski definition) is 0. The van der Waals surface area contributed by atoms with Gasteiger partial charge < -0.3 is 9.80 Å². The fourth-order valence-electron chi connectivity index (χ4n) is 3.14. The fourth-order valence-corrected chi connectivity index (χ4v) is 3.14. The molecule has 2 rings (SSSR count). The summed E-state index contributed by atoms with van der Waals surface area (Å²) >= 11 is 0. The normalized spacial score (nSPS) is 20.5. The van der Waals surface area contributed by atoms with E-state index in [0.29, 0.717) is 32.1 Å². The number of amides is 2. The second-order valence-electron chi connectivity index (χ2n) is 5.91. The van der Waals surface area contributed by atoms with Crippen molar-refractivity contribution in [2.45, 2.75) is 39.0 Å². The van der Waals surface area contributed by atoms with Crippen molar-refractivity contribution < 1.29 is 9.59 Å². The first-order valence-corrected chi connectivity index (χ1v) is 7.73. The maximum Gasteiger partial charge on any atom is 0.246 e. The number of hydrogen-bond acceptors (Lipinski definition) is 3. The average Bonchev–Trinajstić information content (AvgIpc) is 3.02. The molecule has 0 aromatic carbocycles. The minimum atomic E-state index is -0.137. The van der Waals surface area contributed by atoms with Gasteiger partial charge in [0.15, 0.2) is 0 Å². The smallest absolute Gasteiger partial charge is 0.246 e. The van der Waals surface area contributed by atoms with Crippen molar-refractivity contribution in [3.63, 3.8) is 0 Å². The molecule has 5 nitrogen and oxygen atoms in total. The third-order valence-corrected chi connectivity index (χ3v) is 4.52. The predicted octanol–water partition coefficient (Wildman–Crippen LogP) is 1.71. The number of nitriles is 1. The molecule has 2 amide bonds. The Bertz CT molecular complexity index is 464. The van der Waals surface area contributed by atoms with Gasteiger partial charge >= 0.3 is 0 Å². The zero-order chi connectivity index (χ0) is 15.2. The number of carbonyl (C=O) groups excluding carboxylic acids is 2. The fraction of sp³-hybridized carbons (Fsp3) is 0.688. The lowest BCUT2D eigenvalue weighted by Gasteiger charge is -2.34. The van der Waals surface area contributed by atoms with Crippen LogP contribution in [-0.2, 0) is 9.59 Å². The summed E-state index contributed by atoms with van der Waals surface area (Å²) in [4.78, 5) is 27.3. The summed E-state index contributed by atoms with van der Waals surface area (Å²) in [5.74, 6) is 0.501. The Morgan fingerprint density at radius 2 is 1.71 bits per heavy atom. The standard InChI is InChI=1S/C16H23N3O2/c1-13(14-4-2-3-5-14)12-16(21)19-10-8-18(9-11-19)15(20)6-7-17/h12,14H,2-6,8-11H2,1H3/b13-12+. The van der Waals surface area contributed by atoms with E-state index in [4.69, 9.17) is 5.26 Å². The summed E-state index contributed by atoms with van der Waals surface area (Å²) in [5.41, 5.74) is 1.19. The quantitative estimate of drug-likeness (QED) is 0.743. The van der Waals surface area contributed by atoms with Crippen molar-refractivity contribution in [1.82, 2.24) is 9.80 Å². The number of piperazine rings is 1. The molecule has 1 saturated heterocycles. The molecule has 0 aromatic heterocycles. The molecule has 114 valence electrons. The minimum absolute atomic E-state index is 0.0618. The van der Waals surface area contributed by atoms with Crippen molar-refractivity contribution in [2.24, 2.45) is 5.92 Å². The molecule has 5 heteroatoms. The van der Waals surface area contributed by atoms with Crippen LogP contribution >= 0.6 is 0 Å². The zero-order valence-corrected chi connectivity index (χ0v) is 12.7. The van der Waals surface area contributed by atoms with E-state index in [1.165, 1.54) is 31.3 Å². The van der Waals surface area contributed by atoms with Crippen LogP contribution in [0.3, 0.4) is 0 Å². The Morgan fingerprint density at radius 3 is 2.29 bits per heavy atom. The second kappa shape index (κ2) is 7.26. The van der Waals surface area contributed by atoms with Gasteiger partial charge in [-0.2, -0.15) is 5.26 Å². The van der Waals surface area contributed by atoms with Crippen LogP contribution < -0.4 is 0 Å². The highest BCUT2D eigenvalue weighted by molar-refractivity contribution is 5.88. The van der Waals surface area contributed by atoms with Crippen LogP contribution in [0.15, 0.2) is 11.6 Å². The Balaban J connectivity index is 1.84. The van der Waals surface area contributed by atoms with Crippen molar-refractivity contribution in [1.29, 1.82) is 5.26 Å². The van der Waals surface area contributed by atoms with Gasteiger partial charge in [0.1, 0.15) is 6.42 Å². The molecule has 1 heterocycles. The van der Waals surface area contributed by atoms with Gasteiger partial charge in [-0.05, 0) is 25.7 Å². The third kappa shape index (κ3) is 4.07. The highest BCUT2D eigenvalue weighted by Gasteiger charge is 2.24. The summed E-state index contributed by atoms with van der Waals surface area (Å²) in [6.45, 7) is 4.24. The van der Waals surface area contributed by atoms with Gasteiger partial charge in [-0.15, -0.1) is 0 Å². The van der Waals surface area contributed by atoms with Crippen LogP contribution in [0, 0.1) is 17.2 Å².